The zero-order valence-electron chi connectivity index (χ0n) is 12.6. The van der Waals surface area contributed by atoms with Gasteiger partial charge in [0.15, 0.2) is 0 Å². The Morgan fingerprint density at radius 1 is 1.10 bits per heavy atom. The Balaban J connectivity index is 2.02. The van der Waals surface area contributed by atoms with Crippen LogP contribution in [0.3, 0.4) is 0 Å². The monoisotopic (exact) mass is 297 g/mol. The molecule has 0 aromatic heterocycles. The summed E-state index contributed by atoms with van der Waals surface area (Å²) in [6, 6.07) is 15.5. The number of nitrogens with zero attached hydrogens (tertiary/aromatic N) is 1. The number of fused-ring (bicyclic) bond motifs is 1. The second-order valence-corrected chi connectivity index (χ2v) is 7.17. The molecular weight excluding hydrogens is 278 g/mol. The minimum atomic E-state index is 0.106. The molecule has 108 valence electrons. The van der Waals surface area contributed by atoms with E-state index in [9.17, 15) is 0 Å². The van der Waals surface area contributed by atoms with E-state index >= 15 is 0 Å². The summed E-state index contributed by atoms with van der Waals surface area (Å²) in [6.07, 6.45) is 2.47. The minimum absolute atomic E-state index is 0.106. The molecule has 2 unspecified atom stereocenters. The summed E-state index contributed by atoms with van der Waals surface area (Å²) in [7, 11) is 4.34. The topological polar surface area (TPSA) is 3.24 Å². The fourth-order valence-corrected chi connectivity index (χ4v) is 4.73. The molecule has 2 aromatic rings. The highest BCUT2D eigenvalue weighted by atomic mass is 35.5. The van der Waals surface area contributed by atoms with Gasteiger partial charge in [-0.15, -0.1) is 0 Å². The predicted octanol–water partition coefficient (Wildman–Crippen LogP) is 4.43. The van der Waals surface area contributed by atoms with Crippen LogP contribution in [0.25, 0.3) is 0 Å². The highest BCUT2D eigenvalue weighted by Crippen LogP contribution is 2.56. The Morgan fingerprint density at radius 2 is 1.86 bits per heavy atom. The molecule has 2 atom stereocenters. The molecule has 2 bridgehead atoms. The van der Waals surface area contributed by atoms with Crippen LogP contribution in [-0.2, 0) is 5.41 Å². The van der Waals surface area contributed by atoms with Gasteiger partial charge in [0.25, 0.3) is 0 Å². The van der Waals surface area contributed by atoms with Crippen molar-refractivity contribution < 1.29 is 0 Å². The maximum Gasteiger partial charge on any atom is 0.0409 e. The van der Waals surface area contributed by atoms with E-state index in [-0.39, 0.29) is 5.41 Å². The molecule has 21 heavy (non-hydrogen) atoms. The predicted molar refractivity (Wildman–Crippen MR) is 88.3 cm³/mol. The smallest absolute Gasteiger partial charge is 0.0409 e. The normalized spacial score (nSPS) is 25.8. The molecule has 3 aliphatic carbocycles. The molecule has 0 spiro atoms. The van der Waals surface area contributed by atoms with Gasteiger partial charge in [-0.3, -0.25) is 0 Å². The summed E-state index contributed by atoms with van der Waals surface area (Å²) in [4.78, 5) is 2.31. The largest absolute Gasteiger partial charge is 0.308 e. The quantitative estimate of drug-likeness (QED) is 0.793. The molecule has 0 amide bonds. The molecule has 2 heteroatoms. The first-order chi connectivity index (χ1) is 10.1. The molecule has 1 nitrogen and oxygen atoms in total. The van der Waals surface area contributed by atoms with Gasteiger partial charge < -0.3 is 4.90 Å². The van der Waals surface area contributed by atoms with E-state index in [2.05, 4.69) is 55.4 Å². The van der Waals surface area contributed by atoms with Gasteiger partial charge in [0.05, 0.1) is 0 Å². The number of hydrogen-bond acceptors (Lipinski definition) is 1. The van der Waals surface area contributed by atoms with Crippen molar-refractivity contribution in [3.05, 3.63) is 69.7 Å². The lowest BCUT2D eigenvalue weighted by Gasteiger charge is -2.50. The summed E-state index contributed by atoms with van der Waals surface area (Å²) < 4.78 is 0. The Kier molecular flexibility index (Phi) is 2.92. The Morgan fingerprint density at radius 3 is 2.67 bits per heavy atom. The van der Waals surface area contributed by atoms with E-state index in [1.54, 1.807) is 0 Å². The minimum Gasteiger partial charge on any atom is -0.308 e. The molecule has 2 aromatic carbocycles. The molecule has 0 radical (unpaired) electrons. The number of likely N-dealkylation sites (N-methyl/N-ethyl adjacent to an activating group) is 1. The SMILES string of the molecule is CN(C)CC12CCC(c3ccccc31)c1ccc(Cl)cc12. The number of rotatable bonds is 2. The lowest BCUT2D eigenvalue weighted by molar-refractivity contribution is 0.267. The molecule has 0 heterocycles. The van der Waals surface area contributed by atoms with Gasteiger partial charge in [0.1, 0.15) is 0 Å². The number of benzene rings is 2. The molecule has 0 saturated heterocycles. The number of halogens is 1. The van der Waals surface area contributed by atoms with Crippen molar-refractivity contribution in [3.63, 3.8) is 0 Å². The molecule has 0 fully saturated rings. The van der Waals surface area contributed by atoms with E-state index < -0.39 is 0 Å². The standard InChI is InChI=1S/C19H20ClN/c1-21(2)12-19-10-9-14(15-5-3-4-6-17(15)19)16-8-7-13(20)11-18(16)19/h3-8,11,14H,9-10,12H2,1-2H3. The third-order valence-electron chi connectivity index (χ3n) is 5.20. The van der Waals surface area contributed by atoms with Crippen molar-refractivity contribution in [2.24, 2.45) is 0 Å². The van der Waals surface area contributed by atoms with E-state index in [0.717, 1.165) is 11.6 Å². The third-order valence-corrected chi connectivity index (χ3v) is 5.44. The number of hydrogen-bond donors (Lipinski definition) is 0. The van der Waals surface area contributed by atoms with Crippen molar-refractivity contribution in [1.82, 2.24) is 4.90 Å². The summed E-state index contributed by atoms with van der Waals surface area (Å²) in [5, 5.41) is 0.858. The molecule has 0 saturated carbocycles. The van der Waals surface area contributed by atoms with Gasteiger partial charge in [-0.25, -0.2) is 0 Å². The highest BCUT2D eigenvalue weighted by molar-refractivity contribution is 6.30. The van der Waals surface area contributed by atoms with E-state index in [0.29, 0.717) is 5.92 Å². The highest BCUT2D eigenvalue weighted by Gasteiger charge is 2.48. The van der Waals surface area contributed by atoms with Crippen molar-refractivity contribution >= 4 is 11.6 Å². The van der Waals surface area contributed by atoms with Crippen molar-refractivity contribution in [2.45, 2.75) is 24.2 Å². The summed E-state index contributed by atoms with van der Waals surface area (Å²) in [5.41, 5.74) is 6.10. The molecule has 5 rings (SSSR count). The van der Waals surface area contributed by atoms with E-state index in [1.807, 2.05) is 6.07 Å². The third kappa shape index (κ3) is 1.81. The van der Waals surface area contributed by atoms with Crippen molar-refractivity contribution in [2.75, 3.05) is 20.6 Å². The van der Waals surface area contributed by atoms with Crippen LogP contribution in [0.15, 0.2) is 42.5 Å². The maximum atomic E-state index is 6.33. The Hall–Kier alpha value is -1.31. The molecular formula is C19H20ClN. The van der Waals surface area contributed by atoms with Gasteiger partial charge in [-0.1, -0.05) is 41.9 Å². The van der Waals surface area contributed by atoms with Crippen LogP contribution in [-0.4, -0.2) is 25.5 Å². The molecule has 0 aliphatic heterocycles. The van der Waals surface area contributed by atoms with Crippen LogP contribution in [0.4, 0.5) is 0 Å². The van der Waals surface area contributed by atoms with Gasteiger partial charge in [0.2, 0.25) is 0 Å². The Bertz CT molecular complexity index is 706. The second-order valence-electron chi connectivity index (χ2n) is 6.73. The first-order valence-corrected chi connectivity index (χ1v) is 8.04. The average molecular weight is 298 g/mol. The fraction of sp³-hybridized carbons (Fsp3) is 0.368. The summed E-state index contributed by atoms with van der Waals surface area (Å²) >= 11 is 6.33. The van der Waals surface area contributed by atoms with Crippen LogP contribution >= 0.6 is 11.6 Å². The lowest BCUT2D eigenvalue weighted by Crippen LogP contribution is -2.46. The van der Waals surface area contributed by atoms with Crippen LogP contribution < -0.4 is 0 Å². The van der Waals surface area contributed by atoms with Crippen LogP contribution in [0.1, 0.15) is 41.0 Å². The maximum absolute atomic E-state index is 6.33. The zero-order valence-corrected chi connectivity index (χ0v) is 13.3. The van der Waals surface area contributed by atoms with Crippen molar-refractivity contribution in [1.29, 1.82) is 0 Å². The summed E-state index contributed by atoms with van der Waals surface area (Å²) in [6.45, 7) is 1.05. The second kappa shape index (κ2) is 4.59. The van der Waals surface area contributed by atoms with Crippen LogP contribution in [0, 0.1) is 0 Å². The van der Waals surface area contributed by atoms with Gasteiger partial charge in [0, 0.05) is 22.9 Å². The van der Waals surface area contributed by atoms with Gasteiger partial charge in [-0.05, 0) is 61.3 Å². The van der Waals surface area contributed by atoms with Crippen LogP contribution in [0.5, 0.6) is 0 Å². The lowest BCUT2D eigenvalue weighted by atomic mass is 9.55. The average Bonchev–Trinajstić information content (AvgIpc) is 2.47. The van der Waals surface area contributed by atoms with E-state index in [4.69, 9.17) is 11.6 Å². The molecule has 3 aliphatic rings. The molecule has 0 N–H and O–H groups in total. The first kappa shape index (κ1) is 13.4. The van der Waals surface area contributed by atoms with E-state index in [1.165, 1.54) is 35.1 Å². The van der Waals surface area contributed by atoms with Crippen LogP contribution in [0.2, 0.25) is 5.02 Å². The Labute approximate surface area is 131 Å². The fourth-order valence-electron chi connectivity index (χ4n) is 4.56. The summed E-state index contributed by atoms with van der Waals surface area (Å²) in [5.74, 6) is 0.553. The van der Waals surface area contributed by atoms with Crippen molar-refractivity contribution in [3.8, 4) is 0 Å². The zero-order chi connectivity index (χ0) is 14.6. The van der Waals surface area contributed by atoms with Gasteiger partial charge >= 0.3 is 0 Å². The first-order valence-electron chi connectivity index (χ1n) is 7.66. The van der Waals surface area contributed by atoms with Gasteiger partial charge in [-0.2, -0.15) is 0 Å².